The molecule has 0 aromatic carbocycles. The first-order valence-corrected chi connectivity index (χ1v) is 9.39. The zero-order valence-electron chi connectivity index (χ0n) is 15.4. The first kappa shape index (κ1) is 17.2. The van der Waals surface area contributed by atoms with Crippen LogP contribution in [-0.4, -0.2) is 41.8 Å². The van der Waals surface area contributed by atoms with Crippen molar-refractivity contribution in [3.8, 4) is 0 Å². The SMILES string of the molecule is Cc1cc(C(=O)N[C@@H]2CCC[C@@H]2Cn2cc(C3(O)CCC3)nn2)nn1C. The van der Waals surface area contributed by atoms with Gasteiger partial charge in [-0.05, 0) is 51.0 Å². The lowest BCUT2D eigenvalue weighted by Crippen LogP contribution is -2.39. The summed E-state index contributed by atoms with van der Waals surface area (Å²) in [5.74, 6) is 0.197. The van der Waals surface area contributed by atoms with E-state index in [4.69, 9.17) is 0 Å². The third kappa shape index (κ3) is 3.13. The van der Waals surface area contributed by atoms with Crippen molar-refractivity contribution in [1.29, 1.82) is 0 Å². The molecule has 2 aliphatic rings. The Morgan fingerprint density at radius 1 is 1.38 bits per heavy atom. The van der Waals surface area contributed by atoms with Gasteiger partial charge < -0.3 is 10.4 Å². The molecule has 2 heterocycles. The molecule has 4 rings (SSSR count). The van der Waals surface area contributed by atoms with Crippen LogP contribution in [0.3, 0.4) is 0 Å². The van der Waals surface area contributed by atoms with Crippen molar-refractivity contribution in [2.24, 2.45) is 13.0 Å². The maximum Gasteiger partial charge on any atom is 0.272 e. The van der Waals surface area contributed by atoms with Gasteiger partial charge in [-0.25, -0.2) is 0 Å². The molecule has 26 heavy (non-hydrogen) atoms. The third-order valence-corrected chi connectivity index (χ3v) is 5.94. The van der Waals surface area contributed by atoms with Crippen LogP contribution in [-0.2, 0) is 19.2 Å². The molecule has 2 aromatic heterocycles. The summed E-state index contributed by atoms with van der Waals surface area (Å²) in [6.07, 6.45) is 7.52. The molecule has 0 bridgehead atoms. The minimum absolute atomic E-state index is 0.115. The first-order chi connectivity index (χ1) is 12.4. The summed E-state index contributed by atoms with van der Waals surface area (Å²) in [6.45, 7) is 2.63. The second-order valence-electron chi connectivity index (χ2n) is 7.78. The Morgan fingerprint density at radius 2 is 2.19 bits per heavy atom. The molecule has 2 aliphatic carbocycles. The van der Waals surface area contributed by atoms with Crippen molar-refractivity contribution in [2.45, 2.75) is 63.6 Å². The molecule has 140 valence electrons. The van der Waals surface area contributed by atoms with E-state index in [-0.39, 0.29) is 11.9 Å². The standard InChI is InChI=1S/C18H26N6O2/c1-12-9-15(21-23(12)2)17(25)19-14-6-3-5-13(14)10-24-11-16(20-22-24)18(26)7-4-8-18/h9,11,13-14,26H,3-8,10H2,1-2H3,(H,19,25)/t13-,14-/m1/s1. The minimum atomic E-state index is -0.779. The highest BCUT2D eigenvalue weighted by Gasteiger charge is 2.39. The molecule has 2 saturated carbocycles. The van der Waals surface area contributed by atoms with Gasteiger partial charge in [-0.15, -0.1) is 5.10 Å². The first-order valence-electron chi connectivity index (χ1n) is 9.39. The predicted octanol–water partition coefficient (Wildman–Crippen LogP) is 1.29. The van der Waals surface area contributed by atoms with Gasteiger partial charge in [0.2, 0.25) is 0 Å². The number of carbonyl (C=O) groups excluding carboxylic acids is 1. The van der Waals surface area contributed by atoms with Crippen LogP contribution in [0.15, 0.2) is 12.3 Å². The summed E-state index contributed by atoms with van der Waals surface area (Å²) >= 11 is 0. The predicted molar refractivity (Wildman–Crippen MR) is 94.3 cm³/mol. The molecule has 2 N–H and O–H groups in total. The smallest absolute Gasteiger partial charge is 0.272 e. The van der Waals surface area contributed by atoms with Crippen LogP contribution < -0.4 is 5.32 Å². The molecule has 1 amide bonds. The quantitative estimate of drug-likeness (QED) is 0.839. The summed E-state index contributed by atoms with van der Waals surface area (Å²) in [5, 5.41) is 26.1. The van der Waals surface area contributed by atoms with Crippen LogP contribution in [0, 0.1) is 12.8 Å². The summed E-state index contributed by atoms with van der Waals surface area (Å²) in [6, 6.07) is 1.92. The lowest BCUT2D eigenvalue weighted by molar-refractivity contribution is -0.0427. The average molecular weight is 358 g/mol. The average Bonchev–Trinajstić information content (AvgIpc) is 3.29. The summed E-state index contributed by atoms with van der Waals surface area (Å²) in [5.41, 5.74) is 1.32. The van der Waals surface area contributed by atoms with Gasteiger partial charge >= 0.3 is 0 Å². The Kier molecular flexibility index (Phi) is 4.30. The molecular weight excluding hydrogens is 332 g/mol. The number of hydrogen-bond acceptors (Lipinski definition) is 5. The molecule has 2 atom stereocenters. The molecule has 2 aromatic rings. The number of carbonyl (C=O) groups is 1. The largest absolute Gasteiger partial charge is 0.383 e. The Bertz CT molecular complexity index is 787. The number of nitrogens with one attached hydrogen (secondary N) is 1. The van der Waals surface area contributed by atoms with E-state index < -0.39 is 5.60 Å². The molecule has 2 fully saturated rings. The van der Waals surface area contributed by atoms with Gasteiger partial charge in [-0.3, -0.25) is 14.2 Å². The Balaban J connectivity index is 1.39. The van der Waals surface area contributed by atoms with Crippen LogP contribution in [0.5, 0.6) is 0 Å². The van der Waals surface area contributed by atoms with E-state index >= 15 is 0 Å². The van der Waals surface area contributed by atoms with Crippen LogP contribution in [0.25, 0.3) is 0 Å². The van der Waals surface area contributed by atoms with Crippen molar-refractivity contribution < 1.29 is 9.90 Å². The molecule has 0 unspecified atom stereocenters. The summed E-state index contributed by atoms with van der Waals surface area (Å²) < 4.78 is 3.52. The van der Waals surface area contributed by atoms with Crippen LogP contribution >= 0.6 is 0 Å². The van der Waals surface area contributed by atoms with E-state index in [9.17, 15) is 9.90 Å². The van der Waals surface area contributed by atoms with Gasteiger partial charge in [0.25, 0.3) is 5.91 Å². The highest BCUT2D eigenvalue weighted by atomic mass is 16.3. The molecule has 8 heteroatoms. The van der Waals surface area contributed by atoms with Gasteiger partial charge in [0.1, 0.15) is 17.0 Å². The highest BCUT2D eigenvalue weighted by Crippen LogP contribution is 2.39. The zero-order valence-corrected chi connectivity index (χ0v) is 15.4. The molecule has 0 spiro atoms. The fourth-order valence-electron chi connectivity index (χ4n) is 3.97. The number of aryl methyl sites for hydroxylation is 2. The van der Waals surface area contributed by atoms with E-state index in [1.165, 1.54) is 0 Å². The van der Waals surface area contributed by atoms with Crippen molar-refractivity contribution in [3.63, 3.8) is 0 Å². The van der Waals surface area contributed by atoms with Gasteiger partial charge in [-0.2, -0.15) is 5.10 Å². The van der Waals surface area contributed by atoms with Crippen molar-refractivity contribution in [1.82, 2.24) is 30.1 Å². The Morgan fingerprint density at radius 3 is 2.85 bits per heavy atom. The molecule has 0 saturated heterocycles. The Labute approximate surface area is 152 Å². The molecule has 0 aliphatic heterocycles. The fourth-order valence-corrected chi connectivity index (χ4v) is 3.97. The van der Waals surface area contributed by atoms with Crippen LogP contribution in [0.2, 0.25) is 0 Å². The normalized spacial score (nSPS) is 24.4. The minimum Gasteiger partial charge on any atom is -0.383 e. The summed E-state index contributed by atoms with van der Waals surface area (Å²) in [4.78, 5) is 12.5. The van der Waals surface area contributed by atoms with Gasteiger partial charge in [0.05, 0.1) is 6.20 Å². The lowest BCUT2D eigenvalue weighted by Gasteiger charge is -2.34. The maximum atomic E-state index is 12.5. The zero-order chi connectivity index (χ0) is 18.3. The second-order valence-corrected chi connectivity index (χ2v) is 7.78. The number of amides is 1. The van der Waals surface area contributed by atoms with E-state index in [0.717, 1.165) is 44.2 Å². The molecular formula is C18H26N6O2. The van der Waals surface area contributed by atoms with Gasteiger partial charge in [0.15, 0.2) is 0 Å². The maximum absolute atomic E-state index is 12.5. The van der Waals surface area contributed by atoms with Crippen LogP contribution in [0.4, 0.5) is 0 Å². The van der Waals surface area contributed by atoms with E-state index in [1.807, 2.05) is 30.9 Å². The fraction of sp³-hybridized carbons (Fsp3) is 0.667. The third-order valence-electron chi connectivity index (χ3n) is 5.94. The topological polar surface area (TPSA) is 97.9 Å². The number of aliphatic hydroxyl groups is 1. The van der Waals surface area contributed by atoms with Gasteiger partial charge in [0, 0.05) is 25.3 Å². The molecule has 0 radical (unpaired) electrons. The van der Waals surface area contributed by atoms with E-state index in [0.29, 0.717) is 23.9 Å². The van der Waals surface area contributed by atoms with Crippen molar-refractivity contribution >= 4 is 5.91 Å². The highest BCUT2D eigenvalue weighted by molar-refractivity contribution is 5.92. The van der Waals surface area contributed by atoms with Gasteiger partial charge in [-0.1, -0.05) is 11.6 Å². The van der Waals surface area contributed by atoms with E-state index in [2.05, 4.69) is 20.7 Å². The summed E-state index contributed by atoms with van der Waals surface area (Å²) in [7, 11) is 1.84. The number of hydrogen-bond donors (Lipinski definition) is 2. The number of nitrogens with zero attached hydrogens (tertiary/aromatic N) is 5. The van der Waals surface area contributed by atoms with E-state index in [1.54, 1.807) is 4.68 Å². The number of aromatic nitrogens is 5. The second kappa shape index (κ2) is 6.50. The van der Waals surface area contributed by atoms with Crippen molar-refractivity contribution in [3.05, 3.63) is 29.3 Å². The number of rotatable bonds is 5. The van der Waals surface area contributed by atoms with Crippen LogP contribution in [0.1, 0.15) is 60.4 Å². The van der Waals surface area contributed by atoms with Crippen molar-refractivity contribution in [2.75, 3.05) is 0 Å². The lowest BCUT2D eigenvalue weighted by atomic mass is 9.78. The monoisotopic (exact) mass is 358 g/mol. The molecule has 8 nitrogen and oxygen atoms in total. The Hall–Kier alpha value is -2.22.